The lowest BCUT2D eigenvalue weighted by Gasteiger charge is -2.33. The molecule has 1 fully saturated rings. The van der Waals surface area contributed by atoms with Crippen molar-refractivity contribution in [1.82, 2.24) is 10.2 Å². The second-order valence-corrected chi connectivity index (χ2v) is 10.5. The monoisotopic (exact) mass is 583 g/mol. The van der Waals surface area contributed by atoms with Crippen molar-refractivity contribution < 1.29 is 14.3 Å². The number of unbranched alkanes of at least 4 members (excludes halogenated alkanes) is 1. The number of anilines is 1. The van der Waals surface area contributed by atoms with Crippen LogP contribution in [0.25, 0.3) is 0 Å². The molecule has 40 heavy (non-hydrogen) atoms. The van der Waals surface area contributed by atoms with Gasteiger partial charge in [-0.1, -0.05) is 24.6 Å². The summed E-state index contributed by atoms with van der Waals surface area (Å²) >= 11 is 5.88. The molecule has 0 saturated carbocycles. The highest BCUT2D eigenvalue weighted by Crippen LogP contribution is 2.32. The Balaban J connectivity index is 0.00000441. The highest BCUT2D eigenvalue weighted by atomic mass is 35.5. The minimum Gasteiger partial charge on any atom is -0.497 e. The van der Waals surface area contributed by atoms with Crippen LogP contribution >= 0.6 is 24.0 Å². The zero-order valence-corrected chi connectivity index (χ0v) is 24.8. The van der Waals surface area contributed by atoms with Gasteiger partial charge in [-0.3, -0.25) is 9.59 Å². The Morgan fingerprint density at radius 3 is 2.23 bits per heavy atom. The standard InChI is InChI=1S/C32H38ClN3O3.ClH/c1-3-23-22-29(39-2)14-15-30(23)24-16-20-36(21-17-24)19-5-4-18-34-31(37)25-8-12-28(13-9-25)35-32(38)26-6-10-27(33)11-7-26;/h6-15,22,24H,3-5,16-21H2,1-2H3,(H,34,37)(H,35,38);1H. The molecule has 1 saturated heterocycles. The fourth-order valence-electron chi connectivity index (χ4n) is 5.15. The molecular formula is C32H39Cl2N3O3. The first-order valence-electron chi connectivity index (χ1n) is 13.8. The zero-order valence-electron chi connectivity index (χ0n) is 23.3. The summed E-state index contributed by atoms with van der Waals surface area (Å²) < 4.78 is 5.40. The van der Waals surface area contributed by atoms with Crippen LogP contribution in [-0.2, 0) is 6.42 Å². The van der Waals surface area contributed by atoms with Crippen molar-refractivity contribution in [3.05, 3.63) is 94.0 Å². The largest absolute Gasteiger partial charge is 0.497 e. The minimum absolute atomic E-state index is 0. The second-order valence-electron chi connectivity index (χ2n) is 10.0. The Kier molecular flexibility index (Phi) is 12.3. The van der Waals surface area contributed by atoms with E-state index in [1.807, 2.05) is 0 Å². The third kappa shape index (κ3) is 8.72. The van der Waals surface area contributed by atoms with E-state index < -0.39 is 0 Å². The maximum absolute atomic E-state index is 12.5. The molecule has 1 aliphatic rings. The van der Waals surface area contributed by atoms with Crippen molar-refractivity contribution in [3.63, 3.8) is 0 Å². The number of likely N-dealkylation sites (tertiary alicyclic amines) is 1. The molecule has 8 heteroatoms. The molecule has 0 unspecified atom stereocenters. The summed E-state index contributed by atoms with van der Waals surface area (Å²) in [6, 6.07) is 20.2. The van der Waals surface area contributed by atoms with Crippen LogP contribution in [0, 0.1) is 0 Å². The lowest BCUT2D eigenvalue weighted by molar-refractivity contribution is 0.0951. The van der Waals surface area contributed by atoms with Gasteiger partial charge in [-0.05, 0) is 129 Å². The van der Waals surface area contributed by atoms with Gasteiger partial charge in [-0.25, -0.2) is 0 Å². The van der Waals surface area contributed by atoms with Gasteiger partial charge in [0.2, 0.25) is 0 Å². The molecule has 3 aromatic rings. The minimum atomic E-state index is -0.223. The maximum Gasteiger partial charge on any atom is 0.255 e. The molecule has 0 spiro atoms. The highest BCUT2D eigenvalue weighted by molar-refractivity contribution is 6.30. The number of aryl methyl sites for hydroxylation is 1. The summed E-state index contributed by atoms with van der Waals surface area (Å²) in [6.07, 6.45) is 5.41. The number of carbonyl (C=O) groups excluding carboxylic acids is 2. The van der Waals surface area contributed by atoms with Gasteiger partial charge in [-0.2, -0.15) is 0 Å². The molecule has 0 atom stereocenters. The van der Waals surface area contributed by atoms with E-state index in [2.05, 4.69) is 40.7 Å². The van der Waals surface area contributed by atoms with Crippen molar-refractivity contribution in [1.29, 1.82) is 0 Å². The Morgan fingerprint density at radius 2 is 1.57 bits per heavy atom. The molecule has 0 aromatic heterocycles. The number of hydrogen-bond acceptors (Lipinski definition) is 4. The van der Waals surface area contributed by atoms with E-state index in [4.69, 9.17) is 16.3 Å². The van der Waals surface area contributed by atoms with Crippen LogP contribution in [0.2, 0.25) is 5.02 Å². The van der Waals surface area contributed by atoms with E-state index in [1.165, 1.54) is 24.0 Å². The van der Waals surface area contributed by atoms with E-state index in [0.717, 1.165) is 44.6 Å². The van der Waals surface area contributed by atoms with Gasteiger partial charge < -0.3 is 20.3 Å². The number of halogens is 2. The lowest BCUT2D eigenvalue weighted by Crippen LogP contribution is -2.34. The Labute approximate surface area is 248 Å². The normalized spacial score (nSPS) is 13.8. The quantitative estimate of drug-likeness (QED) is 0.239. The summed E-state index contributed by atoms with van der Waals surface area (Å²) in [6.45, 7) is 6.16. The first-order chi connectivity index (χ1) is 19.0. The molecule has 1 aliphatic heterocycles. The van der Waals surface area contributed by atoms with Crippen molar-refractivity contribution in [3.8, 4) is 5.75 Å². The number of nitrogens with zero attached hydrogens (tertiary/aromatic N) is 1. The Bertz CT molecular complexity index is 1240. The second kappa shape index (κ2) is 15.7. The van der Waals surface area contributed by atoms with Gasteiger partial charge in [-0.15, -0.1) is 12.4 Å². The number of amides is 2. The van der Waals surface area contributed by atoms with Gasteiger partial charge in [0.05, 0.1) is 7.11 Å². The third-order valence-electron chi connectivity index (χ3n) is 7.46. The highest BCUT2D eigenvalue weighted by Gasteiger charge is 2.22. The number of nitrogens with one attached hydrogen (secondary N) is 2. The third-order valence-corrected chi connectivity index (χ3v) is 7.71. The summed E-state index contributed by atoms with van der Waals surface area (Å²) in [7, 11) is 1.73. The average Bonchev–Trinajstić information content (AvgIpc) is 2.97. The van der Waals surface area contributed by atoms with Gasteiger partial charge in [0.15, 0.2) is 0 Å². The Hall–Kier alpha value is -3.06. The van der Waals surface area contributed by atoms with E-state index in [-0.39, 0.29) is 24.2 Å². The molecule has 2 amide bonds. The topological polar surface area (TPSA) is 70.7 Å². The SMILES string of the molecule is CCc1cc(OC)ccc1C1CCN(CCCCNC(=O)c2ccc(NC(=O)c3ccc(Cl)cc3)cc2)CC1.Cl. The van der Waals surface area contributed by atoms with Crippen LogP contribution in [-0.4, -0.2) is 50.0 Å². The van der Waals surface area contributed by atoms with Gasteiger partial charge in [0, 0.05) is 28.4 Å². The molecule has 0 bridgehead atoms. The molecule has 0 aliphatic carbocycles. The summed E-state index contributed by atoms with van der Waals surface area (Å²) in [5.74, 6) is 1.24. The fraction of sp³-hybridized carbons (Fsp3) is 0.375. The number of methoxy groups -OCH3 is 1. The lowest BCUT2D eigenvalue weighted by atomic mass is 9.85. The number of ether oxygens (including phenoxy) is 1. The smallest absolute Gasteiger partial charge is 0.255 e. The number of carbonyl (C=O) groups is 2. The van der Waals surface area contributed by atoms with Crippen molar-refractivity contribution in [2.24, 2.45) is 0 Å². The van der Waals surface area contributed by atoms with Crippen LogP contribution in [0.15, 0.2) is 66.7 Å². The summed E-state index contributed by atoms with van der Waals surface area (Å²) in [5.41, 5.74) is 4.62. The van der Waals surface area contributed by atoms with Gasteiger partial charge in [0.25, 0.3) is 11.8 Å². The van der Waals surface area contributed by atoms with E-state index in [1.54, 1.807) is 55.6 Å². The van der Waals surface area contributed by atoms with Crippen LogP contribution in [0.5, 0.6) is 5.75 Å². The first-order valence-corrected chi connectivity index (χ1v) is 14.2. The van der Waals surface area contributed by atoms with Crippen molar-refractivity contribution in [2.75, 3.05) is 38.6 Å². The van der Waals surface area contributed by atoms with Crippen LogP contribution in [0.4, 0.5) is 5.69 Å². The first kappa shape index (κ1) is 31.5. The fourth-order valence-corrected chi connectivity index (χ4v) is 5.28. The number of benzene rings is 3. The molecule has 214 valence electrons. The predicted octanol–water partition coefficient (Wildman–Crippen LogP) is 6.97. The summed E-state index contributed by atoms with van der Waals surface area (Å²) in [4.78, 5) is 27.4. The van der Waals surface area contributed by atoms with Crippen LogP contribution < -0.4 is 15.4 Å². The van der Waals surface area contributed by atoms with Crippen LogP contribution in [0.3, 0.4) is 0 Å². The molecule has 0 radical (unpaired) electrons. The molecule has 3 aromatic carbocycles. The summed E-state index contributed by atoms with van der Waals surface area (Å²) in [5, 5.41) is 6.43. The maximum atomic E-state index is 12.5. The predicted molar refractivity (Wildman–Crippen MR) is 165 cm³/mol. The number of piperidine rings is 1. The Morgan fingerprint density at radius 1 is 0.925 bits per heavy atom. The van der Waals surface area contributed by atoms with E-state index >= 15 is 0 Å². The van der Waals surface area contributed by atoms with Crippen molar-refractivity contribution in [2.45, 2.75) is 44.9 Å². The molecular weight excluding hydrogens is 545 g/mol. The zero-order chi connectivity index (χ0) is 27.6. The number of rotatable bonds is 11. The van der Waals surface area contributed by atoms with Crippen molar-refractivity contribution >= 4 is 41.5 Å². The molecule has 4 rings (SSSR count). The van der Waals surface area contributed by atoms with Gasteiger partial charge >= 0.3 is 0 Å². The van der Waals surface area contributed by atoms with Crippen LogP contribution in [0.1, 0.15) is 70.4 Å². The molecule has 1 heterocycles. The average molecular weight is 585 g/mol. The molecule has 2 N–H and O–H groups in total. The number of hydrogen-bond donors (Lipinski definition) is 2. The van der Waals surface area contributed by atoms with Gasteiger partial charge in [0.1, 0.15) is 5.75 Å². The van der Waals surface area contributed by atoms with E-state index in [9.17, 15) is 9.59 Å². The van der Waals surface area contributed by atoms with E-state index in [0.29, 0.717) is 34.3 Å². The molecule has 6 nitrogen and oxygen atoms in total.